The lowest BCUT2D eigenvalue weighted by atomic mass is 9.95. The van der Waals surface area contributed by atoms with E-state index in [9.17, 15) is 18.0 Å². The highest BCUT2D eigenvalue weighted by Gasteiger charge is 2.34. The summed E-state index contributed by atoms with van der Waals surface area (Å²) in [5.74, 6) is -1.07. The highest BCUT2D eigenvalue weighted by Crippen LogP contribution is 2.25. The maximum Gasteiger partial charge on any atom is 0.309 e. The number of sulfonamides is 1. The summed E-state index contributed by atoms with van der Waals surface area (Å²) in [7, 11) is -3.56. The van der Waals surface area contributed by atoms with Crippen molar-refractivity contribution >= 4 is 21.9 Å². The first-order valence-corrected chi connectivity index (χ1v) is 12.3. The number of nitrogens with zero attached hydrogens (tertiary/aromatic N) is 1. The Kier molecular flexibility index (Phi) is 7.52. The standard InChI is InChI=1S/C22H32N2O5S/c1-16-8-10-20(11-9-16)30(27,28)24-14-12-18(13-15-24)22(26)29-17(2)21(25)23-19-6-4-3-5-7-19/h8-11,17-19H,3-7,12-15H2,1-2H3,(H,23,25)/t17-/m1/s1. The number of piperidine rings is 1. The van der Waals surface area contributed by atoms with Gasteiger partial charge in [-0.1, -0.05) is 37.0 Å². The maximum atomic E-state index is 12.8. The fourth-order valence-corrected chi connectivity index (χ4v) is 5.55. The number of carbonyl (C=O) groups is 2. The van der Waals surface area contributed by atoms with Gasteiger partial charge in [-0.2, -0.15) is 4.31 Å². The van der Waals surface area contributed by atoms with Gasteiger partial charge in [0.25, 0.3) is 5.91 Å². The third-order valence-corrected chi connectivity index (χ3v) is 7.97. The maximum absolute atomic E-state index is 12.8. The second-order valence-electron chi connectivity index (χ2n) is 8.41. The highest BCUT2D eigenvalue weighted by atomic mass is 32.2. The molecule has 0 spiro atoms. The van der Waals surface area contributed by atoms with Gasteiger partial charge in [0.15, 0.2) is 6.10 Å². The van der Waals surface area contributed by atoms with Crippen molar-refractivity contribution in [3.8, 4) is 0 Å². The number of hydrogen-bond donors (Lipinski definition) is 1. The van der Waals surface area contributed by atoms with Crippen LogP contribution in [0, 0.1) is 12.8 Å². The number of hydrogen-bond acceptors (Lipinski definition) is 5. The average Bonchev–Trinajstić information content (AvgIpc) is 2.74. The number of carbonyl (C=O) groups excluding carboxylic acids is 2. The zero-order valence-corrected chi connectivity index (χ0v) is 18.6. The molecule has 1 heterocycles. The number of nitrogens with one attached hydrogen (secondary N) is 1. The Labute approximate surface area is 179 Å². The summed E-state index contributed by atoms with van der Waals surface area (Å²) in [5.41, 5.74) is 0.997. The second-order valence-corrected chi connectivity index (χ2v) is 10.4. The van der Waals surface area contributed by atoms with E-state index in [0.717, 1.165) is 31.2 Å². The van der Waals surface area contributed by atoms with E-state index >= 15 is 0 Å². The molecule has 1 saturated heterocycles. The lowest BCUT2D eigenvalue weighted by molar-refractivity contribution is -0.160. The first kappa shape index (κ1) is 22.7. The number of amides is 1. The van der Waals surface area contributed by atoms with Crippen molar-refractivity contribution in [1.82, 2.24) is 9.62 Å². The van der Waals surface area contributed by atoms with Crippen LogP contribution >= 0.6 is 0 Å². The number of rotatable bonds is 6. The van der Waals surface area contributed by atoms with Gasteiger partial charge in [-0.15, -0.1) is 0 Å². The topological polar surface area (TPSA) is 92.8 Å². The molecule has 1 aromatic rings. The zero-order chi connectivity index (χ0) is 21.7. The molecule has 0 bridgehead atoms. The molecule has 1 N–H and O–H groups in total. The van der Waals surface area contributed by atoms with Gasteiger partial charge in [0.05, 0.1) is 10.8 Å². The Morgan fingerprint density at radius 2 is 1.63 bits per heavy atom. The molecule has 166 valence electrons. The fraction of sp³-hybridized carbons (Fsp3) is 0.636. The van der Waals surface area contributed by atoms with Crippen LogP contribution in [-0.2, 0) is 24.3 Å². The molecule has 30 heavy (non-hydrogen) atoms. The molecule has 1 aliphatic carbocycles. The van der Waals surface area contributed by atoms with Crippen LogP contribution in [0.1, 0.15) is 57.4 Å². The molecule has 8 heteroatoms. The smallest absolute Gasteiger partial charge is 0.309 e. The van der Waals surface area contributed by atoms with Crippen LogP contribution in [0.5, 0.6) is 0 Å². The van der Waals surface area contributed by atoms with E-state index in [0.29, 0.717) is 12.8 Å². The van der Waals surface area contributed by atoms with Crippen molar-refractivity contribution in [1.29, 1.82) is 0 Å². The van der Waals surface area contributed by atoms with Gasteiger partial charge in [-0.3, -0.25) is 9.59 Å². The first-order chi connectivity index (χ1) is 14.3. The summed E-state index contributed by atoms with van der Waals surface area (Å²) in [6.07, 6.45) is 5.32. The molecule has 2 fully saturated rings. The Morgan fingerprint density at radius 3 is 2.23 bits per heavy atom. The summed E-state index contributed by atoms with van der Waals surface area (Å²) in [5, 5.41) is 2.97. The van der Waals surface area contributed by atoms with E-state index in [2.05, 4.69) is 5.32 Å². The lowest BCUT2D eigenvalue weighted by Gasteiger charge is -2.31. The van der Waals surface area contributed by atoms with E-state index in [1.165, 1.54) is 10.7 Å². The van der Waals surface area contributed by atoms with Gasteiger partial charge >= 0.3 is 5.97 Å². The van der Waals surface area contributed by atoms with E-state index in [4.69, 9.17) is 4.74 Å². The minimum Gasteiger partial charge on any atom is -0.452 e. The van der Waals surface area contributed by atoms with Crippen molar-refractivity contribution in [3.63, 3.8) is 0 Å². The molecule has 2 aliphatic rings. The normalized spacial score (nSPS) is 20.5. The lowest BCUT2D eigenvalue weighted by Crippen LogP contribution is -2.44. The third kappa shape index (κ3) is 5.60. The Morgan fingerprint density at radius 1 is 1.03 bits per heavy atom. The molecule has 7 nitrogen and oxygen atoms in total. The van der Waals surface area contributed by atoms with Crippen LogP contribution in [0.3, 0.4) is 0 Å². The molecule has 1 amide bonds. The third-order valence-electron chi connectivity index (χ3n) is 6.06. The largest absolute Gasteiger partial charge is 0.452 e. The molecule has 0 aromatic heterocycles. The van der Waals surface area contributed by atoms with Gasteiger partial charge in [0, 0.05) is 19.1 Å². The van der Waals surface area contributed by atoms with Crippen molar-refractivity contribution < 1.29 is 22.7 Å². The molecule has 1 atom stereocenters. The molecule has 0 unspecified atom stereocenters. The zero-order valence-electron chi connectivity index (χ0n) is 17.8. The van der Waals surface area contributed by atoms with Crippen molar-refractivity contribution in [2.75, 3.05) is 13.1 Å². The average molecular weight is 437 g/mol. The monoisotopic (exact) mass is 436 g/mol. The molecule has 1 aromatic carbocycles. The second kappa shape index (κ2) is 9.92. The molecular formula is C22H32N2O5S. The first-order valence-electron chi connectivity index (χ1n) is 10.8. The molecule has 3 rings (SSSR count). The van der Waals surface area contributed by atoms with E-state index in [1.54, 1.807) is 31.2 Å². The number of esters is 1. The molecule has 0 radical (unpaired) electrons. The van der Waals surface area contributed by atoms with E-state index < -0.39 is 22.1 Å². The van der Waals surface area contributed by atoms with E-state index in [1.807, 2.05) is 6.92 Å². The van der Waals surface area contributed by atoms with Gasteiger partial charge in [0.2, 0.25) is 10.0 Å². The van der Waals surface area contributed by atoms with Crippen LogP contribution < -0.4 is 5.32 Å². The van der Waals surface area contributed by atoms with Crippen molar-refractivity contribution in [2.24, 2.45) is 5.92 Å². The predicted octanol–water partition coefficient (Wildman–Crippen LogP) is 2.78. The SMILES string of the molecule is Cc1ccc(S(=O)(=O)N2CCC(C(=O)O[C@H](C)C(=O)NC3CCCCC3)CC2)cc1. The minimum absolute atomic E-state index is 0.169. The molecular weight excluding hydrogens is 404 g/mol. The Balaban J connectivity index is 1.48. The summed E-state index contributed by atoms with van der Waals surface area (Å²) >= 11 is 0. The number of ether oxygens (including phenoxy) is 1. The van der Waals surface area contributed by atoms with Crippen LogP contribution in [-0.4, -0.2) is 49.8 Å². The summed E-state index contributed by atoms with van der Waals surface area (Å²) in [4.78, 5) is 25.1. The van der Waals surface area contributed by atoms with Gasteiger partial charge in [-0.25, -0.2) is 8.42 Å². The van der Waals surface area contributed by atoms with Gasteiger partial charge < -0.3 is 10.1 Å². The molecule has 1 aliphatic heterocycles. The van der Waals surface area contributed by atoms with Crippen molar-refractivity contribution in [2.45, 2.75) is 75.8 Å². The quantitative estimate of drug-likeness (QED) is 0.692. The van der Waals surface area contributed by atoms with E-state index in [-0.39, 0.29) is 35.9 Å². The fourth-order valence-electron chi connectivity index (χ4n) is 4.08. The summed E-state index contributed by atoms with van der Waals surface area (Å²) in [6, 6.07) is 6.94. The minimum atomic E-state index is -3.56. The molecule has 1 saturated carbocycles. The Hall–Kier alpha value is -1.93. The number of benzene rings is 1. The van der Waals surface area contributed by atoms with Crippen LogP contribution in [0.2, 0.25) is 0 Å². The predicted molar refractivity (Wildman–Crippen MR) is 113 cm³/mol. The number of aryl methyl sites for hydroxylation is 1. The Bertz CT molecular complexity index is 839. The summed E-state index contributed by atoms with van der Waals surface area (Å²) in [6.45, 7) is 4.02. The van der Waals surface area contributed by atoms with Crippen LogP contribution in [0.15, 0.2) is 29.2 Å². The highest BCUT2D eigenvalue weighted by molar-refractivity contribution is 7.89. The van der Waals surface area contributed by atoms with Crippen molar-refractivity contribution in [3.05, 3.63) is 29.8 Å². The van der Waals surface area contributed by atoms with Crippen LogP contribution in [0.4, 0.5) is 0 Å². The van der Waals surface area contributed by atoms with Crippen LogP contribution in [0.25, 0.3) is 0 Å². The van der Waals surface area contributed by atoms with Gasteiger partial charge in [-0.05, 0) is 51.7 Å². The summed E-state index contributed by atoms with van der Waals surface area (Å²) < 4.78 is 32.4. The van der Waals surface area contributed by atoms with Gasteiger partial charge in [0.1, 0.15) is 0 Å².